The third-order valence-electron chi connectivity index (χ3n) is 2.63. The Morgan fingerprint density at radius 2 is 2.39 bits per heavy atom. The maximum atomic E-state index is 9.19. The van der Waals surface area contributed by atoms with Gasteiger partial charge in [0.05, 0.1) is 21.5 Å². The minimum absolute atomic E-state index is 0.480. The Morgan fingerprint density at radius 3 is 3.00 bits per heavy atom. The SMILES string of the molecule is C=C(C1=CC=CCC=C1C#N)c1sc(C)nc1N. The summed E-state index contributed by atoms with van der Waals surface area (Å²) in [5.74, 6) is 0.480. The molecule has 1 aromatic heterocycles. The van der Waals surface area contributed by atoms with Crippen molar-refractivity contribution >= 4 is 22.7 Å². The number of anilines is 1. The van der Waals surface area contributed by atoms with Crippen molar-refractivity contribution in [2.24, 2.45) is 0 Å². The van der Waals surface area contributed by atoms with Gasteiger partial charge in [0.25, 0.3) is 0 Å². The molecule has 0 aliphatic heterocycles. The van der Waals surface area contributed by atoms with E-state index in [0.717, 1.165) is 27.5 Å². The number of aromatic nitrogens is 1. The van der Waals surface area contributed by atoms with E-state index in [1.165, 1.54) is 11.3 Å². The number of nitriles is 1. The number of thiazole rings is 1. The van der Waals surface area contributed by atoms with Gasteiger partial charge in [-0.25, -0.2) is 4.98 Å². The maximum absolute atomic E-state index is 9.19. The minimum Gasteiger partial charge on any atom is -0.382 e. The van der Waals surface area contributed by atoms with Crippen LogP contribution in [0.1, 0.15) is 16.3 Å². The molecule has 0 spiro atoms. The molecule has 90 valence electrons. The fourth-order valence-corrected chi connectivity index (χ4v) is 2.60. The van der Waals surface area contributed by atoms with Gasteiger partial charge < -0.3 is 5.73 Å². The number of nitrogens with two attached hydrogens (primary N) is 1. The molecule has 1 aliphatic rings. The molecule has 1 aromatic rings. The summed E-state index contributed by atoms with van der Waals surface area (Å²) in [7, 11) is 0. The van der Waals surface area contributed by atoms with E-state index in [2.05, 4.69) is 17.6 Å². The number of nitrogens with zero attached hydrogens (tertiary/aromatic N) is 2. The summed E-state index contributed by atoms with van der Waals surface area (Å²) in [6, 6.07) is 2.21. The van der Waals surface area contributed by atoms with Crippen molar-refractivity contribution in [3.63, 3.8) is 0 Å². The van der Waals surface area contributed by atoms with Crippen LogP contribution in [0.3, 0.4) is 0 Å². The normalized spacial score (nSPS) is 14.4. The highest BCUT2D eigenvalue weighted by molar-refractivity contribution is 7.13. The van der Waals surface area contributed by atoms with Crippen LogP contribution in [0.15, 0.2) is 42.0 Å². The number of allylic oxidation sites excluding steroid dienone is 7. The van der Waals surface area contributed by atoms with E-state index >= 15 is 0 Å². The molecule has 1 heterocycles. The maximum Gasteiger partial charge on any atom is 0.142 e. The Morgan fingerprint density at radius 1 is 1.61 bits per heavy atom. The molecule has 0 atom stereocenters. The molecule has 0 fully saturated rings. The molecular weight excluding hydrogens is 242 g/mol. The molecule has 0 saturated carbocycles. The van der Waals surface area contributed by atoms with Gasteiger partial charge in [0.15, 0.2) is 0 Å². The average Bonchev–Trinajstić information content (AvgIpc) is 2.56. The van der Waals surface area contributed by atoms with Gasteiger partial charge in [-0.2, -0.15) is 5.26 Å². The van der Waals surface area contributed by atoms with Gasteiger partial charge in [0, 0.05) is 5.57 Å². The molecule has 18 heavy (non-hydrogen) atoms. The van der Waals surface area contributed by atoms with Crippen LogP contribution in [-0.2, 0) is 0 Å². The van der Waals surface area contributed by atoms with Crippen molar-refractivity contribution in [2.75, 3.05) is 5.73 Å². The summed E-state index contributed by atoms with van der Waals surface area (Å²) in [5, 5.41) is 10.1. The van der Waals surface area contributed by atoms with Gasteiger partial charge >= 0.3 is 0 Å². The molecule has 2 rings (SSSR count). The van der Waals surface area contributed by atoms with Crippen LogP contribution in [0.25, 0.3) is 5.57 Å². The molecule has 0 aromatic carbocycles. The second-order valence-electron chi connectivity index (χ2n) is 3.90. The fourth-order valence-electron chi connectivity index (χ4n) is 1.78. The number of hydrogen-bond acceptors (Lipinski definition) is 4. The second-order valence-corrected chi connectivity index (χ2v) is 5.10. The first-order valence-electron chi connectivity index (χ1n) is 5.53. The average molecular weight is 255 g/mol. The van der Waals surface area contributed by atoms with Gasteiger partial charge in [0.2, 0.25) is 0 Å². The summed E-state index contributed by atoms with van der Waals surface area (Å²) >= 11 is 1.50. The molecule has 0 saturated heterocycles. The lowest BCUT2D eigenvalue weighted by Crippen LogP contribution is -1.94. The predicted molar refractivity (Wildman–Crippen MR) is 75.8 cm³/mol. The van der Waals surface area contributed by atoms with E-state index in [9.17, 15) is 5.26 Å². The lowest BCUT2D eigenvalue weighted by Gasteiger charge is -2.07. The molecule has 3 nitrogen and oxygen atoms in total. The third-order valence-corrected chi connectivity index (χ3v) is 3.67. The first-order valence-corrected chi connectivity index (χ1v) is 6.35. The number of aryl methyl sites for hydroxylation is 1. The Labute approximate surface area is 110 Å². The van der Waals surface area contributed by atoms with Crippen molar-refractivity contribution < 1.29 is 0 Å². The van der Waals surface area contributed by atoms with Crippen molar-refractivity contribution in [1.82, 2.24) is 4.98 Å². The Kier molecular flexibility index (Phi) is 3.45. The first kappa shape index (κ1) is 12.3. The van der Waals surface area contributed by atoms with Crippen molar-refractivity contribution in [3.8, 4) is 6.07 Å². The standard InChI is InChI=1S/C14H13N3S/c1-9(13-14(16)17-10(2)18-13)12-7-5-3-4-6-11(12)8-15/h3,5-7H,1,4,16H2,2H3. The van der Waals surface area contributed by atoms with Crippen LogP contribution in [0.5, 0.6) is 0 Å². The highest BCUT2D eigenvalue weighted by atomic mass is 32.1. The van der Waals surface area contributed by atoms with Crippen LogP contribution < -0.4 is 5.73 Å². The van der Waals surface area contributed by atoms with E-state index in [1.54, 1.807) is 0 Å². The summed E-state index contributed by atoms with van der Waals surface area (Å²) in [5.41, 5.74) is 8.08. The molecule has 4 heteroatoms. The van der Waals surface area contributed by atoms with Gasteiger partial charge in [-0.1, -0.05) is 30.9 Å². The Hall–Kier alpha value is -2.12. The number of rotatable bonds is 2. The van der Waals surface area contributed by atoms with Crippen LogP contribution >= 0.6 is 11.3 Å². The van der Waals surface area contributed by atoms with Crippen molar-refractivity contribution in [1.29, 1.82) is 5.26 Å². The van der Waals surface area contributed by atoms with Crippen LogP contribution in [0.4, 0.5) is 5.82 Å². The highest BCUT2D eigenvalue weighted by Crippen LogP contribution is 2.35. The van der Waals surface area contributed by atoms with Gasteiger partial charge in [-0.15, -0.1) is 11.3 Å². The Balaban J connectivity index is 2.45. The Bertz CT molecular complexity index is 624. The molecule has 0 unspecified atom stereocenters. The largest absolute Gasteiger partial charge is 0.382 e. The summed E-state index contributed by atoms with van der Waals surface area (Å²) < 4.78 is 0. The highest BCUT2D eigenvalue weighted by Gasteiger charge is 2.16. The van der Waals surface area contributed by atoms with E-state index in [4.69, 9.17) is 5.73 Å². The quantitative estimate of drug-likeness (QED) is 0.881. The third kappa shape index (κ3) is 2.27. The van der Waals surface area contributed by atoms with Crippen molar-refractivity contribution in [3.05, 3.63) is 51.9 Å². The molecule has 2 N–H and O–H groups in total. The monoisotopic (exact) mass is 255 g/mol. The zero-order valence-electron chi connectivity index (χ0n) is 10.1. The smallest absolute Gasteiger partial charge is 0.142 e. The van der Waals surface area contributed by atoms with Gasteiger partial charge in [-0.05, 0) is 18.9 Å². The van der Waals surface area contributed by atoms with E-state index in [1.807, 2.05) is 31.2 Å². The van der Waals surface area contributed by atoms with Crippen molar-refractivity contribution in [2.45, 2.75) is 13.3 Å². The summed E-state index contributed by atoms with van der Waals surface area (Å²) in [6.07, 6.45) is 8.49. The van der Waals surface area contributed by atoms with Crippen LogP contribution in [-0.4, -0.2) is 4.98 Å². The number of hydrogen-bond donors (Lipinski definition) is 1. The van der Waals surface area contributed by atoms with Gasteiger partial charge in [0.1, 0.15) is 5.82 Å². The second kappa shape index (κ2) is 5.03. The fraction of sp³-hybridized carbons (Fsp3) is 0.143. The summed E-state index contributed by atoms with van der Waals surface area (Å²) in [4.78, 5) is 5.03. The lowest BCUT2D eigenvalue weighted by molar-refractivity contribution is 1.30. The first-order chi connectivity index (χ1) is 8.63. The molecule has 0 amide bonds. The zero-order chi connectivity index (χ0) is 13.1. The number of nitrogen functional groups attached to an aromatic ring is 1. The van der Waals surface area contributed by atoms with Crippen LogP contribution in [0, 0.1) is 18.3 Å². The molecular formula is C14H13N3S. The molecule has 0 radical (unpaired) electrons. The van der Waals surface area contributed by atoms with E-state index in [0.29, 0.717) is 11.4 Å². The molecule has 1 aliphatic carbocycles. The topological polar surface area (TPSA) is 62.7 Å². The van der Waals surface area contributed by atoms with Gasteiger partial charge in [-0.3, -0.25) is 0 Å². The minimum atomic E-state index is 0.480. The molecule has 0 bridgehead atoms. The van der Waals surface area contributed by atoms with Crippen LogP contribution in [0.2, 0.25) is 0 Å². The van der Waals surface area contributed by atoms with E-state index in [-0.39, 0.29) is 0 Å². The predicted octanol–water partition coefficient (Wildman–Crippen LogP) is 3.38. The zero-order valence-corrected chi connectivity index (χ0v) is 10.9. The lowest BCUT2D eigenvalue weighted by atomic mass is 9.98. The summed E-state index contributed by atoms with van der Waals surface area (Å²) in [6.45, 7) is 5.96. The van der Waals surface area contributed by atoms with E-state index < -0.39 is 0 Å².